The third-order valence-corrected chi connectivity index (χ3v) is 5.57. The molecule has 0 atom stereocenters. The molecule has 0 saturated heterocycles. The van der Waals surface area contributed by atoms with Crippen LogP contribution in [0.3, 0.4) is 0 Å². The van der Waals surface area contributed by atoms with Crippen LogP contribution in [0.15, 0.2) is 72.8 Å². The van der Waals surface area contributed by atoms with Gasteiger partial charge in [0.25, 0.3) is 11.8 Å². The minimum Gasteiger partial charge on any atom is -0.457 e. The van der Waals surface area contributed by atoms with Crippen molar-refractivity contribution in [2.24, 2.45) is 0 Å². The highest BCUT2D eigenvalue weighted by molar-refractivity contribution is 6.21. The third-order valence-electron chi connectivity index (χ3n) is 5.57. The second-order valence-electron chi connectivity index (χ2n) is 8.97. The molecule has 0 radical (unpaired) electrons. The summed E-state index contributed by atoms with van der Waals surface area (Å²) in [6, 6.07) is 21.6. The van der Waals surface area contributed by atoms with Crippen molar-refractivity contribution < 1.29 is 19.1 Å². The van der Waals surface area contributed by atoms with Crippen LogP contribution in [-0.4, -0.2) is 22.7 Å². The van der Waals surface area contributed by atoms with Crippen molar-refractivity contribution in [1.29, 1.82) is 0 Å². The van der Waals surface area contributed by atoms with Gasteiger partial charge in [0.15, 0.2) is 0 Å². The number of ether oxygens (including phenoxy) is 1. The normalized spacial score (nSPS) is 13.3. The van der Waals surface area contributed by atoms with Crippen molar-refractivity contribution in [2.75, 3.05) is 0 Å². The summed E-state index contributed by atoms with van der Waals surface area (Å²) in [7, 11) is 0. The summed E-state index contributed by atoms with van der Waals surface area (Å²) in [6.07, 6.45) is 0. The lowest BCUT2D eigenvalue weighted by atomic mass is 9.87. The summed E-state index contributed by atoms with van der Waals surface area (Å²) in [5.41, 5.74) is 4.07. The molecule has 5 heteroatoms. The van der Waals surface area contributed by atoms with Crippen LogP contribution in [0.5, 0.6) is 0 Å². The van der Waals surface area contributed by atoms with E-state index in [0.717, 1.165) is 5.56 Å². The van der Waals surface area contributed by atoms with Gasteiger partial charge in [-0.2, -0.15) is 0 Å². The van der Waals surface area contributed by atoms with E-state index in [1.165, 1.54) is 10.5 Å². The van der Waals surface area contributed by atoms with Crippen LogP contribution in [0.1, 0.15) is 68.5 Å². The number of amides is 2. The Bertz CT molecular complexity index is 1150. The molecule has 0 aromatic heterocycles. The van der Waals surface area contributed by atoms with E-state index in [1.807, 2.05) is 24.3 Å². The Hall–Kier alpha value is -3.73. The zero-order valence-corrected chi connectivity index (χ0v) is 18.4. The highest BCUT2D eigenvalue weighted by Gasteiger charge is 2.35. The molecular weight excluding hydrogens is 402 g/mol. The molecule has 0 N–H and O–H groups in total. The van der Waals surface area contributed by atoms with Crippen molar-refractivity contribution in [2.45, 2.75) is 39.3 Å². The minimum absolute atomic E-state index is 0.0646. The molecule has 1 heterocycles. The van der Waals surface area contributed by atoms with E-state index in [1.54, 1.807) is 48.5 Å². The van der Waals surface area contributed by atoms with Gasteiger partial charge in [-0.05, 0) is 46.4 Å². The fourth-order valence-corrected chi connectivity index (χ4v) is 3.70. The quantitative estimate of drug-likeness (QED) is 0.418. The lowest BCUT2D eigenvalue weighted by molar-refractivity contribution is 0.0472. The summed E-state index contributed by atoms with van der Waals surface area (Å²) in [5, 5.41) is 0. The summed E-state index contributed by atoms with van der Waals surface area (Å²) >= 11 is 0. The van der Waals surface area contributed by atoms with Crippen LogP contribution in [0.4, 0.5) is 0 Å². The number of fused-ring (bicyclic) bond motifs is 1. The standard InChI is InChI=1S/C27H25NO4/c1-27(2,3)21-13-11-18(12-14-21)17-32-26(31)20-8-6-7-19(15-20)16-28-24(29)22-9-4-5-10-23(22)25(28)30/h4-15H,16-17H2,1-3H3. The van der Waals surface area contributed by atoms with E-state index >= 15 is 0 Å². The molecule has 32 heavy (non-hydrogen) atoms. The number of hydrogen-bond donors (Lipinski definition) is 0. The monoisotopic (exact) mass is 427 g/mol. The topological polar surface area (TPSA) is 63.7 Å². The van der Waals surface area contributed by atoms with Crippen molar-refractivity contribution in [3.8, 4) is 0 Å². The van der Waals surface area contributed by atoms with Crippen LogP contribution in [0.25, 0.3) is 0 Å². The molecule has 0 aliphatic carbocycles. The molecule has 0 saturated carbocycles. The van der Waals surface area contributed by atoms with E-state index in [9.17, 15) is 14.4 Å². The first kappa shape index (κ1) is 21.5. The van der Waals surface area contributed by atoms with E-state index in [2.05, 4.69) is 20.8 Å². The van der Waals surface area contributed by atoms with Gasteiger partial charge in [0.2, 0.25) is 0 Å². The predicted octanol–water partition coefficient (Wildman–Crippen LogP) is 5.14. The Balaban J connectivity index is 1.41. The van der Waals surface area contributed by atoms with Crippen LogP contribution in [0.2, 0.25) is 0 Å². The van der Waals surface area contributed by atoms with E-state index in [-0.39, 0.29) is 30.4 Å². The van der Waals surface area contributed by atoms with Crippen molar-refractivity contribution in [3.63, 3.8) is 0 Å². The smallest absolute Gasteiger partial charge is 0.338 e. The number of nitrogens with zero attached hydrogens (tertiary/aromatic N) is 1. The molecule has 0 fully saturated rings. The third kappa shape index (κ3) is 4.33. The number of imide groups is 1. The summed E-state index contributed by atoms with van der Waals surface area (Å²) in [4.78, 5) is 38.9. The van der Waals surface area contributed by atoms with Crippen LogP contribution in [-0.2, 0) is 23.3 Å². The maximum atomic E-state index is 12.6. The lowest BCUT2D eigenvalue weighted by Crippen LogP contribution is -2.29. The molecule has 3 aromatic rings. The number of hydrogen-bond acceptors (Lipinski definition) is 4. The first-order chi connectivity index (χ1) is 15.2. The molecule has 0 spiro atoms. The van der Waals surface area contributed by atoms with Crippen LogP contribution in [0, 0.1) is 0 Å². The van der Waals surface area contributed by atoms with Gasteiger partial charge in [0.1, 0.15) is 6.61 Å². The molecule has 3 aromatic carbocycles. The van der Waals surface area contributed by atoms with Crippen LogP contribution >= 0.6 is 0 Å². The average molecular weight is 428 g/mol. The van der Waals surface area contributed by atoms with Gasteiger partial charge >= 0.3 is 5.97 Å². The van der Waals surface area contributed by atoms with E-state index < -0.39 is 5.97 Å². The summed E-state index contributed by atoms with van der Waals surface area (Å²) in [5.74, 6) is -1.09. The Morgan fingerprint density at radius 3 is 2.03 bits per heavy atom. The molecular formula is C27H25NO4. The first-order valence-corrected chi connectivity index (χ1v) is 10.5. The summed E-state index contributed by atoms with van der Waals surface area (Å²) in [6.45, 7) is 6.72. The number of carbonyl (C=O) groups excluding carboxylic acids is 3. The Labute approximate surface area is 187 Å². The Kier molecular flexibility index (Phi) is 5.66. The molecule has 5 nitrogen and oxygen atoms in total. The molecule has 0 bridgehead atoms. The fraction of sp³-hybridized carbons (Fsp3) is 0.222. The van der Waals surface area contributed by atoms with Crippen molar-refractivity contribution in [1.82, 2.24) is 4.90 Å². The van der Waals surface area contributed by atoms with Gasteiger partial charge in [-0.25, -0.2) is 4.79 Å². The molecule has 4 rings (SSSR count). The Morgan fingerprint density at radius 1 is 0.812 bits per heavy atom. The van der Waals surface area contributed by atoms with Gasteiger partial charge < -0.3 is 4.74 Å². The van der Waals surface area contributed by atoms with Crippen LogP contribution < -0.4 is 0 Å². The molecule has 0 unspecified atom stereocenters. The largest absolute Gasteiger partial charge is 0.457 e. The maximum absolute atomic E-state index is 12.6. The average Bonchev–Trinajstić information content (AvgIpc) is 3.02. The van der Waals surface area contributed by atoms with E-state index in [4.69, 9.17) is 4.74 Å². The number of esters is 1. The van der Waals surface area contributed by atoms with Gasteiger partial charge in [0, 0.05) is 0 Å². The molecule has 1 aliphatic heterocycles. The lowest BCUT2D eigenvalue weighted by Gasteiger charge is -2.19. The second kappa shape index (κ2) is 8.42. The summed E-state index contributed by atoms with van der Waals surface area (Å²) < 4.78 is 5.47. The minimum atomic E-state index is -0.450. The number of carbonyl (C=O) groups is 3. The van der Waals surface area contributed by atoms with Gasteiger partial charge in [-0.15, -0.1) is 0 Å². The van der Waals surface area contributed by atoms with Crippen molar-refractivity contribution >= 4 is 17.8 Å². The SMILES string of the molecule is CC(C)(C)c1ccc(COC(=O)c2cccc(CN3C(=O)c4ccccc4C3=O)c2)cc1. The highest BCUT2D eigenvalue weighted by Crippen LogP contribution is 2.25. The first-order valence-electron chi connectivity index (χ1n) is 10.5. The maximum Gasteiger partial charge on any atom is 0.338 e. The number of benzene rings is 3. The van der Waals surface area contributed by atoms with E-state index in [0.29, 0.717) is 22.3 Å². The van der Waals surface area contributed by atoms with Gasteiger partial charge in [-0.1, -0.05) is 69.3 Å². The van der Waals surface area contributed by atoms with Crippen molar-refractivity contribution in [3.05, 3.63) is 106 Å². The second-order valence-corrected chi connectivity index (χ2v) is 8.97. The predicted molar refractivity (Wildman–Crippen MR) is 121 cm³/mol. The molecule has 1 aliphatic rings. The molecule has 162 valence electrons. The fourth-order valence-electron chi connectivity index (χ4n) is 3.70. The zero-order chi connectivity index (χ0) is 22.9. The zero-order valence-electron chi connectivity index (χ0n) is 18.4. The number of rotatable bonds is 5. The van der Waals surface area contributed by atoms with Gasteiger partial charge in [-0.3, -0.25) is 14.5 Å². The molecule has 2 amide bonds. The van der Waals surface area contributed by atoms with Gasteiger partial charge in [0.05, 0.1) is 23.2 Å². The Morgan fingerprint density at radius 2 is 1.44 bits per heavy atom. The highest BCUT2D eigenvalue weighted by atomic mass is 16.5.